The van der Waals surface area contributed by atoms with Gasteiger partial charge in [-0.25, -0.2) is 12.1 Å². The summed E-state index contributed by atoms with van der Waals surface area (Å²) in [6.45, 7) is 3.17. The van der Waals surface area contributed by atoms with E-state index < -0.39 is 0 Å². The van der Waals surface area contributed by atoms with E-state index in [-0.39, 0.29) is 8.67 Å². The van der Waals surface area contributed by atoms with Gasteiger partial charge in [0.1, 0.15) is 0 Å². The van der Waals surface area contributed by atoms with Crippen LogP contribution < -0.4 is 0 Å². The first kappa shape index (κ1) is 10.5. The molecule has 0 aromatic rings. The first-order chi connectivity index (χ1) is 4.85. The van der Waals surface area contributed by atoms with Gasteiger partial charge in [0.15, 0.2) is 0 Å². The zero-order valence-corrected chi connectivity index (χ0v) is 9.28. The van der Waals surface area contributed by atoms with Crippen LogP contribution in [-0.4, -0.2) is 22.4 Å². The molecule has 1 atom stereocenters. The minimum Gasteiger partial charge on any atom is -0.385 e. The summed E-state index contributed by atoms with van der Waals surface area (Å²) < 4.78 is 4.97. The Labute approximate surface area is 71.4 Å². The Bertz CT molecular complexity index is 66.6. The molecule has 0 N–H and O–H groups in total. The van der Waals surface area contributed by atoms with Crippen molar-refractivity contribution >= 4 is 20.7 Å². The van der Waals surface area contributed by atoms with E-state index in [4.69, 9.17) is 4.74 Å². The van der Waals surface area contributed by atoms with Crippen LogP contribution in [0.1, 0.15) is 26.2 Å². The lowest BCUT2D eigenvalue weighted by Crippen LogP contribution is -1.98. The summed E-state index contributed by atoms with van der Waals surface area (Å²) in [5, 5.41) is 0. The lowest BCUT2D eigenvalue weighted by Gasteiger charge is -2.09. The van der Waals surface area contributed by atoms with Crippen molar-refractivity contribution < 1.29 is 4.74 Å². The number of thiol groups is 1. The lowest BCUT2D eigenvalue weighted by atomic mass is 10.2. The van der Waals surface area contributed by atoms with Gasteiger partial charge in [-0.2, -0.15) is 0 Å². The predicted molar refractivity (Wildman–Crippen MR) is 52.7 cm³/mol. The standard InChI is InChI=1S/C7H18OSSi/c1-3-7(10-9)5-4-6-8-2/h7,9H,3-6,10H2,1-2H3. The molecule has 0 bridgehead atoms. The molecule has 3 heteroatoms. The van der Waals surface area contributed by atoms with Gasteiger partial charge >= 0.3 is 0 Å². The van der Waals surface area contributed by atoms with Gasteiger partial charge in [-0.3, -0.25) is 0 Å². The number of hydrogen-bond acceptors (Lipinski definition) is 2. The Morgan fingerprint density at radius 3 is 2.70 bits per heavy atom. The molecule has 0 saturated heterocycles. The number of rotatable bonds is 6. The summed E-state index contributed by atoms with van der Waals surface area (Å²) in [4.78, 5) is 0. The Morgan fingerprint density at radius 1 is 1.60 bits per heavy atom. The van der Waals surface area contributed by atoms with Gasteiger partial charge in [0, 0.05) is 13.7 Å². The molecule has 0 aliphatic heterocycles. The summed E-state index contributed by atoms with van der Waals surface area (Å²) in [5.74, 6) is 0. The zero-order chi connectivity index (χ0) is 7.82. The van der Waals surface area contributed by atoms with Gasteiger partial charge < -0.3 is 4.74 Å². The topological polar surface area (TPSA) is 9.23 Å². The molecule has 0 amide bonds. The number of ether oxygens (including phenoxy) is 1. The molecule has 1 unspecified atom stereocenters. The third kappa shape index (κ3) is 5.32. The smallest absolute Gasteiger partial charge is 0.0843 e. The van der Waals surface area contributed by atoms with Crippen LogP contribution in [-0.2, 0) is 4.74 Å². The van der Waals surface area contributed by atoms with E-state index in [1.165, 1.54) is 19.3 Å². The summed E-state index contributed by atoms with van der Waals surface area (Å²) in [7, 11) is 1.70. The lowest BCUT2D eigenvalue weighted by molar-refractivity contribution is 0.192. The minimum absolute atomic E-state index is 0.0611. The largest absolute Gasteiger partial charge is 0.385 e. The highest BCUT2D eigenvalue weighted by Gasteiger charge is 2.02. The summed E-state index contributed by atoms with van der Waals surface area (Å²) >= 11 is 4.40. The summed E-state index contributed by atoms with van der Waals surface area (Å²) in [5.41, 5.74) is 0.929. The molecule has 0 aliphatic carbocycles. The molecule has 0 aliphatic rings. The van der Waals surface area contributed by atoms with Crippen molar-refractivity contribution in [2.24, 2.45) is 0 Å². The highest BCUT2D eigenvalue weighted by molar-refractivity contribution is 8.07. The molecular weight excluding hydrogens is 160 g/mol. The van der Waals surface area contributed by atoms with Gasteiger partial charge in [0.2, 0.25) is 0 Å². The highest BCUT2D eigenvalue weighted by Crippen LogP contribution is 2.16. The van der Waals surface area contributed by atoms with Crippen LogP contribution in [0.15, 0.2) is 0 Å². The van der Waals surface area contributed by atoms with Gasteiger partial charge in [-0.1, -0.05) is 19.8 Å². The van der Waals surface area contributed by atoms with E-state index in [9.17, 15) is 0 Å². The maximum atomic E-state index is 4.97. The van der Waals surface area contributed by atoms with E-state index in [1.807, 2.05) is 0 Å². The van der Waals surface area contributed by atoms with Crippen molar-refractivity contribution in [2.45, 2.75) is 31.7 Å². The van der Waals surface area contributed by atoms with Crippen LogP contribution in [0.25, 0.3) is 0 Å². The monoisotopic (exact) mass is 178 g/mol. The molecule has 62 valence electrons. The van der Waals surface area contributed by atoms with Crippen LogP contribution in [0.2, 0.25) is 5.54 Å². The second kappa shape index (κ2) is 7.63. The molecule has 0 radical (unpaired) electrons. The van der Waals surface area contributed by atoms with Crippen LogP contribution in [0.5, 0.6) is 0 Å². The van der Waals surface area contributed by atoms with Crippen molar-refractivity contribution in [3.8, 4) is 0 Å². The van der Waals surface area contributed by atoms with Crippen molar-refractivity contribution in [1.29, 1.82) is 0 Å². The van der Waals surface area contributed by atoms with Gasteiger partial charge in [0.25, 0.3) is 0 Å². The van der Waals surface area contributed by atoms with Crippen molar-refractivity contribution in [3.05, 3.63) is 0 Å². The Kier molecular flexibility index (Phi) is 8.03. The molecule has 0 aromatic heterocycles. The fraction of sp³-hybridized carbons (Fsp3) is 1.00. The van der Waals surface area contributed by atoms with Crippen molar-refractivity contribution in [1.82, 2.24) is 0 Å². The Balaban J connectivity index is 3.09. The fourth-order valence-electron chi connectivity index (χ4n) is 0.941. The molecule has 0 spiro atoms. The average Bonchev–Trinajstić information content (AvgIpc) is 1.99. The van der Waals surface area contributed by atoms with E-state index >= 15 is 0 Å². The van der Waals surface area contributed by atoms with Gasteiger partial charge in [-0.05, 0) is 12.0 Å². The second-order valence-electron chi connectivity index (χ2n) is 2.59. The molecule has 0 saturated carbocycles. The zero-order valence-electron chi connectivity index (χ0n) is 6.97. The van der Waals surface area contributed by atoms with E-state index in [0.717, 1.165) is 12.1 Å². The van der Waals surface area contributed by atoms with Gasteiger partial charge in [0.05, 0.1) is 8.67 Å². The normalized spacial score (nSPS) is 14.7. The number of hydrogen-bond donors (Lipinski definition) is 1. The van der Waals surface area contributed by atoms with Crippen LogP contribution in [0.4, 0.5) is 0 Å². The van der Waals surface area contributed by atoms with E-state index in [1.54, 1.807) is 7.11 Å². The molecule has 10 heavy (non-hydrogen) atoms. The van der Waals surface area contributed by atoms with E-state index in [2.05, 4.69) is 19.0 Å². The first-order valence-corrected chi connectivity index (χ1v) is 7.29. The SMILES string of the molecule is CCC(CCCOC)[SiH2]S. The molecule has 0 heterocycles. The van der Waals surface area contributed by atoms with Crippen LogP contribution in [0.3, 0.4) is 0 Å². The van der Waals surface area contributed by atoms with Crippen molar-refractivity contribution in [2.75, 3.05) is 13.7 Å². The van der Waals surface area contributed by atoms with Gasteiger partial charge in [-0.15, -0.1) is 0 Å². The second-order valence-corrected chi connectivity index (χ2v) is 5.21. The predicted octanol–water partition coefficient (Wildman–Crippen LogP) is 1.63. The Hall–Kier alpha value is 0.527. The summed E-state index contributed by atoms with van der Waals surface area (Å²) in [6, 6.07) is 0. The maximum absolute atomic E-state index is 4.97. The van der Waals surface area contributed by atoms with Crippen molar-refractivity contribution in [3.63, 3.8) is 0 Å². The molecule has 0 fully saturated rings. The third-order valence-electron chi connectivity index (χ3n) is 1.80. The van der Waals surface area contributed by atoms with Crippen LogP contribution >= 0.6 is 12.1 Å². The average molecular weight is 178 g/mol. The quantitative estimate of drug-likeness (QED) is 0.369. The Morgan fingerprint density at radius 2 is 2.30 bits per heavy atom. The van der Waals surface area contributed by atoms with Crippen LogP contribution in [0, 0.1) is 0 Å². The first-order valence-electron chi connectivity index (χ1n) is 3.95. The minimum atomic E-state index is -0.0611. The molecule has 0 aromatic carbocycles. The molecule has 0 rings (SSSR count). The summed E-state index contributed by atoms with van der Waals surface area (Å²) in [6.07, 6.45) is 3.84. The highest BCUT2D eigenvalue weighted by atomic mass is 32.3. The van der Waals surface area contributed by atoms with E-state index in [0.29, 0.717) is 0 Å². The fourth-order valence-corrected chi connectivity index (χ4v) is 2.99. The molecular formula is C7H18OSSi. The molecule has 1 nitrogen and oxygen atoms in total. The maximum Gasteiger partial charge on any atom is 0.0843 e. The third-order valence-corrected chi connectivity index (χ3v) is 4.85. The number of methoxy groups -OCH3 is 1.